The van der Waals surface area contributed by atoms with Gasteiger partial charge in [-0.1, -0.05) is 35.4 Å². The molecule has 0 saturated heterocycles. The summed E-state index contributed by atoms with van der Waals surface area (Å²) in [4.78, 5) is 22.9. The third-order valence-electron chi connectivity index (χ3n) is 1.81. The number of benzene rings is 1. The highest BCUT2D eigenvalue weighted by Gasteiger charge is 2.15. The van der Waals surface area contributed by atoms with E-state index >= 15 is 0 Å². The highest BCUT2D eigenvalue weighted by atomic mass is 35.5. The lowest BCUT2D eigenvalue weighted by atomic mass is 10.3. The van der Waals surface area contributed by atoms with Crippen LogP contribution in [0.5, 0.6) is 0 Å². The van der Waals surface area contributed by atoms with Gasteiger partial charge in [0.2, 0.25) is 0 Å². The molecule has 0 aliphatic heterocycles. The average molecular weight is 306 g/mol. The van der Waals surface area contributed by atoms with Gasteiger partial charge in [-0.3, -0.25) is 9.59 Å². The summed E-state index contributed by atoms with van der Waals surface area (Å²) < 4.78 is 0. The molecule has 2 amide bonds. The number of halogens is 2. The fourth-order valence-corrected chi connectivity index (χ4v) is 1.43. The molecule has 0 aliphatic carbocycles. The van der Waals surface area contributed by atoms with Gasteiger partial charge < -0.3 is 16.4 Å². The molecule has 0 saturated carbocycles. The van der Waals surface area contributed by atoms with Gasteiger partial charge in [0.15, 0.2) is 0 Å². The minimum Gasteiger partial charge on any atom is -0.392 e. The molecule has 0 aromatic heterocycles. The normalized spacial score (nSPS) is 9.67. The summed E-state index contributed by atoms with van der Waals surface area (Å²) in [5.41, 5.74) is 5.43. The summed E-state index contributed by atoms with van der Waals surface area (Å²) in [5, 5.41) is 5.23. The van der Waals surface area contributed by atoms with Crippen LogP contribution in [0.3, 0.4) is 0 Å². The number of rotatable bonds is 3. The number of amides is 2. The molecule has 0 radical (unpaired) electrons. The molecule has 1 rings (SSSR count). The molecular weight excluding hydrogens is 297 g/mol. The molecule has 1 aromatic rings. The van der Waals surface area contributed by atoms with Gasteiger partial charge in [-0.15, -0.1) is 0 Å². The van der Waals surface area contributed by atoms with Gasteiger partial charge in [0.25, 0.3) is 0 Å². The molecule has 18 heavy (non-hydrogen) atoms. The lowest BCUT2D eigenvalue weighted by molar-refractivity contribution is -0.135. The van der Waals surface area contributed by atoms with Gasteiger partial charge in [-0.05, 0) is 18.2 Å². The van der Waals surface area contributed by atoms with E-state index in [1.54, 1.807) is 6.07 Å². The van der Waals surface area contributed by atoms with Crippen molar-refractivity contribution in [2.24, 2.45) is 5.73 Å². The first-order valence-electron chi connectivity index (χ1n) is 4.72. The molecule has 0 spiro atoms. The first kappa shape index (κ1) is 14.7. The van der Waals surface area contributed by atoms with Crippen molar-refractivity contribution < 1.29 is 9.59 Å². The van der Waals surface area contributed by atoms with Gasteiger partial charge in [0, 0.05) is 5.02 Å². The van der Waals surface area contributed by atoms with Crippen molar-refractivity contribution in [3.8, 4) is 0 Å². The van der Waals surface area contributed by atoms with Crippen LogP contribution in [0, 0.1) is 0 Å². The predicted molar refractivity (Wildman–Crippen MR) is 74.9 cm³/mol. The summed E-state index contributed by atoms with van der Waals surface area (Å²) in [7, 11) is 0. The van der Waals surface area contributed by atoms with Gasteiger partial charge in [-0.2, -0.15) is 0 Å². The fourth-order valence-electron chi connectivity index (χ4n) is 1.02. The Hall–Kier alpha value is -1.37. The largest absolute Gasteiger partial charge is 0.392 e. The van der Waals surface area contributed by atoms with Crippen LogP contribution in [-0.4, -0.2) is 23.3 Å². The summed E-state index contributed by atoms with van der Waals surface area (Å²) in [6.07, 6.45) is 0. The summed E-state index contributed by atoms with van der Waals surface area (Å²) in [6, 6.07) is 4.50. The molecule has 1 aromatic carbocycles. The number of nitrogens with one attached hydrogen (secondary N) is 2. The molecule has 0 bridgehead atoms. The van der Waals surface area contributed by atoms with E-state index in [4.69, 9.17) is 28.9 Å². The smallest absolute Gasteiger partial charge is 0.313 e. The second-order valence-corrected chi connectivity index (χ2v) is 4.60. The highest BCUT2D eigenvalue weighted by molar-refractivity contribution is 7.80. The van der Waals surface area contributed by atoms with Crippen LogP contribution in [0.1, 0.15) is 0 Å². The molecule has 96 valence electrons. The van der Waals surface area contributed by atoms with Crippen molar-refractivity contribution in [1.82, 2.24) is 5.32 Å². The Morgan fingerprint density at radius 3 is 2.56 bits per heavy atom. The molecule has 4 N–H and O–H groups in total. The zero-order valence-corrected chi connectivity index (χ0v) is 11.3. The van der Waals surface area contributed by atoms with Crippen molar-refractivity contribution in [3.05, 3.63) is 28.2 Å². The van der Waals surface area contributed by atoms with Crippen molar-refractivity contribution in [2.45, 2.75) is 0 Å². The van der Waals surface area contributed by atoms with E-state index < -0.39 is 11.8 Å². The van der Waals surface area contributed by atoms with Crippen LogP contribution in [-0.2, 0) is 9.59 Å². The van der Waals surface area contributed by atoms with E-state index in [1.165, 1.54) is 12.1 Å². The van der Waals surface area contributed by atoms with Crippen LogP contribution in [0.2, 0.25) is 10.0 Å². The highest BCUT2D eigenvalue weighted by Crippen LogP contribution is 2.25. The van der Waals surface area contributed by atoms with E-state index in [-0.39, 0.29) is 22.2 Å². The zero-order chi connectivity index (χ0) is 13.7. The second kappa shape index (κ2) is 6.53. The number of nitrogens with two attached hydrogens (primary N) is 1. The van der Waals surface area contributed by atoms with Crippen LogP contribution in [0.25, 0.3) is 0 Å². The maximum Gasteiger partial charge on any atom is 0.313 e. The van der Waals surface area contributed by atoms with E-state index in [1.807, 2.05) is 0 Å². The Morgan fingerprint density at radius 2 is 1.94 bits per heavy atom. The summed E-state index contributed by atoms with van der Waals surface area (Å²) in [5.74, 6) is -1.74. The number of hydrogen-bond donors (Lipinski definition) is 3. The van der Waals surface area contributed by atoms with Crippen LogP contribution in [0.4, 0.5) is 5.69 Å². The SMILES string of the molecule is NC(=S)CNC(=O)C(=O)Nc1cc(Cl)ccc1Cl. The zero-order valence-electron chi connectivity index (χ0n) is 9.00. The number of anilines is 1. The van der Waals surface area contributed by atoms with E-state index in [0.717, 1.165) is 0 Å². The van der Waals surface area contributed by atoms with Crippen molar-refractivity contribution >= 4 is 57.9 Å². The Balaban J connectivity index is 2.66. The first-order chi connectivity index (χ1) is 8.40. The number of carbonyl (C=O) groups is 2. The molecule has 0 unspecified atom stereocenters. The summed E-state index contributed by atoms with van der Waals surface area (Å²) >= 11 is 16.1. The number of carbonyl (C=O) groups excluding carboxylic acids is 2. The molecule has 0 aliphatic rings. The average Bonchev–Trinajstić information content (AvgIpc) is 2.30. The fraction of sp³-hybridized carbons (Fsp3) is 0.100. The monoisotopic (exact) mass is 305 g/mol. The maximum absolute atomic E-state index is 11.5. The Labute approximate surface area is 119 Å². The predicted octanol–water partition coefficient (Wildman–Crippen LogP) is 1.33. The van der Waals surface area contributed by atoms with Gasteiger partial charge in [0.05, 0.1) is 22.2 Å². The Bertz CT molecular complexity index is 508. The van der Waals surface area contributed by atoms with Gasteiger partial charge in [-0.25, -0.2) is 0 Å². The summed E-state index contributed by atoms with van der Waals surface area (Å²) in [6.45, 7) is -0.0507. The molecular formula is C10H9Cl2N3O2S. The molecule has 8 heteroatoms. The van der Waals surface area contributed by atoms with Gasteiger partial charge in [0.1, 0.15) is 0 Å². The lowest BCUT2D eigenvalue weighted by Gasteiger charge is -2.07. The quantitative estimate of drug-likeness (QED) is 0.581. The van der Waals surface area contributed by atoms with E-state index in [9.17, 15) is 9.59 Å². The second-order valence-electron chi connectivity index (χ2n) is 3.23. The van der Waals surface area contributed by atoms with Gasteiger partial charge >= 0.3 is 11.8 Å². The molecule has 0 atom stereocenters. The third kappa shape index (κ3) is 4.48. The van der Waals surface area contributed by atoms with E-state index in [2.05, 4.69) is 22.9 Å². The van der Waals surface area contributed by atoms with Crippen molar-refractivity contribution in [1.29, 1.82) is 0 Å². The maximum atomic E-state index is 11.5. The lowest BCUT2D eigenvalue weighted by Crippen LogP contribution is -2.39. The number of hydrogen-bond acceptors (Lipinski definition) is 3. The van der Waals surface area contributed by atoms with Crippen LogP contribution < -0.4 is 16.4 Å². The third-order valence-corrected chi connectivity index (χ3v) is 2.52. The Kier molecular flexibility index (Phi) is 5.33. The Morgan fingerprint density at radius 1 is 1.28 bits per heavy atom. The molecule has 0 fully saturated rings. The van der Waals surface area contributed by atoms with Crippen molar-refractivity contribution in [2.75, 3.05) is 11.9 Å². The minimum absolute atomic E-state index is 0.0507. The topological polar surface area (TPSA) is 84.2 Å². The van der Waals surface area contributed by atoms with Crippen LogP contribution in [0.15, 0.2) is 18.2 Å². The number of thiocarbonyl (C=S) groups is 1. The van der Waals surface area contributed by atoms with Crippen molar-refractivity contribution in [3.63, 3.8) is 0 Å². The van der Waals surface area contributed by atoms with Crippen LogP contribution >= 0.6 is 35.4 Å². The molecule has 5 nitrogen and oxygen atoms in total. The standard InChI is InChI=1S/C10H9Cl2N3O2S/c11-5-1-2-6(12)7(3-5)15-10(17)9(16)14-4-8(13)18/h1-3H,4H2,(H2,13,18)(H,14,16)(H,15,17). The molecule has 0 heterocycles. The van der Waals surface area contributed by atoms with E-state index in [0.29, 0.717) is 5.02 Å². The minimum atomic E-state index is -0.879. The first-order valence-corrected chi connectivity index (χ1v) is 5.89.